The number of anilines is 1. The van der Waals surface area contributed by atoms with Gasteiger partial charge in [0.15, 0.2) is 5.13 Å². The Morgan fingerprint density at radius 1 is 1.19 bits per heavy atom. The summed E-state index contributed by atoms with van der Waals surface area (Å²) in [5, 5.41) is 3.27. The zero-order valence-corrected chi connectivity index (χ0v) is 12.4. The zero-order chi connectivity index (χ0) is 15.0. The van der Waals surface area contributed by atoms with E-state index in [2.05, 4.69) is 10.3 Å². The van der Waals surface area contributed by atoms with Gasteiger partial charge in [-0.2, -0.15) is 0 Å². The minimum absolute atomic E-state index is 0.325. The largest absolute Gasteiger partial charge is 0.298 e. The molecule has 0 spiro atoms. The van der Waals surface area contributed by atoms with Crippen LogP contribution in [0.15, 0.2) is 36.4 Å². The number of carbonyl (C=O) groups excluding carboxylic acids is 1. The second-order valence-electron chi connectivity index (χ2n) is 4.85. The number of fused-ring (bicyclic) bond motifs is 1. The van der Waals surface area contributed by atoms with Gasteiger partial charge >= 0.3 is 0 Å². The van der Waals surface area contributed by atoms with Crippen LogP contribution in [0, 0.1) is 19.7 Å². The lowest BCUT2D eigenvalue weighted by atomic mass is 10.1. The van der Waals surface area contributed by atoms with E-state index >= 15 is 0 Å². The predicted octanol–water partition coefficient (Wildman–Crippen LogP) is 4.30. The van der Waals surface area contributed by atoms with Crippen LogP contribution in [-0.4, -0.2) is 10.9 Å². The van der Waals surface area contributed by atoms with Gasteiger partial charge in [0.1, 0.15) is 5.82 Å². The summed E-state index contributed by atoms with van der Waals surface area (Å²) in [7, 11) is 0. The monoisotopic (exact) mass is 300 g/mol. The number of nitrogens with zero attached hydrogens (tertiary/aromatic N) is 1. The molecule has 1 amide bonds. The van der Waals surface area contributed by atoms with Gasteiger partial charge in [0.25, 0.3) is 5.91 Å². The number of carbonyl (C=O) groups is 1. The second-order valence-corrected chi connectivity index (χ2v) is 5.88. The molecule has 0 aliphatic rings. The van der Waals surface area contributed by atoms with Crippen molar-refractivity contribution in [2.75, 3.05) is 5.32 Å². The molecule has 3 rings (SSSR count). The van der Waals surface area contributed by atoms with Crippen molar-refractivity contribution < 1.29 is 9.18 Å². The Labute approximate surface area is 125 Å². The van der Waals surface area contributed by atoms with Crippen LogP contribution in [0.1, 0.15) is 21.5 Å². The van der Waals surface area contributed by atoms with Gasteiger partial charge in [0, 0.05) is 5.56 Å². The zero-order valence-electron chi connectivity index (χ0n) is 11.6. The van der Waals surface area contributed by atoms with Gasteiger partial charge in [0.2, 0.25) is 0 Å². The molecule has 2 aromatic carbocycles. The molecule has 3 aromatic rings. The minimum Gasteiger partial charge on any atom is -0.298 e. The van der Waals surface area contributed by atoms with Crippen LogP contribution < -0.4 is 5.32 Å². The van der Waals surface area contributed by atoms with Gasteiger partial charge < -0.3 is 0 Å². The van der Waals surface area contributed by atoms with Crippen molar-refractivity contribution in [2.45, 2.75) is 13.8 Å². The summed E-state index contributed by atoms with van der Waals surface area (Å²) in [5.41, 5.74) is 3.00. The average Bonchev–Trinajstić information content (AvgIpc) is 2.85. The Morgan fingerprint density at radius 2 is 2.00 bits per heavy atom. The number of thiazole rings is 1. The molecular formula is C16H13FN2OS. The number of rotatable bonds is 2. The molecule has 0 radical (unpaired) electrons. The van der Waals surface area contributed by atoms with Crippen molar-refractivity contribution in [3.63, 3.8) is 0 Å². The van der Waals surface area contributed by atoms with Crippen molar-refractivity contribution in [1.82, 2.24) is 4.98 Å². The summed E-state index contributed by atoms with van der Waals surface area (Å²) in [4.78, 5) is 16.7. The van der Waals surface area contributed by atoms with E-state index in [0.717, 1.165) is 21.3 Å². The first kappa shape index (κ1) is 13.7. The van der Waals surface area contributed by atoms with Crippen molar-refractivity contribution >= 4 is 32.6 Å². The molecule has 106 valence electrons. The van der Waals surface area contributed by atoms with Crippen molar-refractivity contribution in [1.29, 1.82) is 0 Å². The molecular weight excluding hydrogens is 287 g/mol. The topological polar surface area (TPSA) is 42.0 Å². The number of aromatic nitrogens is 1. The Kier molecular flexibility index (Phi) is 3.43. The van der Waals surface area contributed by atoms with E-state index in [9.17, 15) is 9.18 Å². The molecule has 0 bridgehead atoms. The van der Waals surface area contributed by atoms with Crippen LogP contribution in [-0.2, 0) is 0 Å². The summed E-state index contributed by atoms with van der Waals surface area (Å²) in [5.74, 6) is -0.769. The van der Waals surface area contributed by atoms with E-state index in [0.29, 0.717) is 10.7 Å². The highest BCUT2D eigenvalue weighted by molar-refractivity contribution is 7.22. The van der Waals surface area contributed by atoms with Gasteiger partial charge in [-0.3, -0.25) is 10.1 Å². The number of hydrogen-bond donors (Lipinski definition) is 1. The van der Waals surface area contributed by atoms with Crippen molar-refractivity contribution in [3.8, 4) is 0 Å². The maximum absolute atomic E-state index is 13.3. The second kappa shape index (κ2) is 5.26. The van der Waals surface area contributed by atoms with Crippen LogP contribution >= 0.6 is 11.3 Å². The average molecular weight is 300 g/mol. The molecule has 1 heterocycles. The summed E-state index contributed by atoms with van der Waals surface area (Å²) in [6.45, 7) is 3.75. The van der Waals surface area contributed by atoms with Crippen LogP contribution in [0.25, 0.3) is 10.2 Å². The Morgan fingerprint density at radius 3 is 2.76 bits per heavy atom. The minimum atomic E-state index is -0.425. The summed E-state index contributed by atoms with van der Waals surface area (Å²) in [6.07, 6.45) is 0. The maximum Gasteiger partial charge on any atom is 0.257 e. The SMILES string of the molecule is Cc1ccc(F)cc1C(=O)Nc1nc2c(C)cccc2s1. The van der Waals surface area contributed by atoms with E-state index in [1.165, 1.54) is 23.5 Å². The number of aryl methyl sites for hydroxylation is 2. The van der Waals surface area contributed by atoms with E-state index in [1.54, 1.807) is 13.0 Å². The van der Waals surface area contributed by atoms with Crippen molar-refractivity contribution in [2.24, 2.45) is 0 Å². The standard InChI is InChI=1S/C16H13FN2OS/c1-9-6-7-11(17)8-12(9)15(20)19-16-18-14-10(2)4-3-5-13(14)21-16/h3-8H,1-2H3,(H,18,19,20). The number of para-hydroxylation sites is 1. The molecule has 3 nitrogen and oxygen atoms in total. The number of benzene rings is 2. The van der Waals surface area contributed by atoms with Gasteiger partial charge in [0.05, 0.1) is 10.2 Å². The Bertz CT molecular complexity index is 841. The molecule has 1 aromatic heterocycles. The molecule has 0 unspecified atom stereocenters. The molecule has 0 atom stereocenters. The first-order valence-corrected chi connectivity index (χ1v) is 7.30. The number of nitrogens with one attached hydrogen (secondary N) is 1. The number of amides is 1. The lowest BCUT2D eigenvalue weighted by Gasteiger charge is -2.05. The smallest absolute Gasteiger partial charge is 0.257 e. The highest BCUT2D eigenvalue weighted by Gasteiger charge is 2.13. The number of halogens is 1. The molecule has 0 saturated heterocycles. The first-order valence-electron chi connectivity index (χ1n) is 6.48. The van der Waals surface area contributed by atoms with Gasteiger partial charge in [-0.05, 0) is 43.2 Å². The molecule has 0 fully saturated rings. The van der Waals surface area contributed by atoms with Crippen LogP contribution in [0.4, 0.5) is 9.52 Å². The third kappa shape index (κ3) is 2.64. The quantitative estimate of drug-likeness (QED) is 0.766. The number of hydrogen-bond acceptors (Lipinski definition) is 3. The normalized spacial score (nSPS) is 10.8. The molecule has 5 heteroatoms. The molecule has 1 N–H and O–H groups in total. The molecule has 21 heavy (non-hydrogen) atoms. The predicted molar refractivity (Wildman–Crippen MR) is 83.4 cm³/mol. The van der Waals surface area contributed by atoms with E-state index < -0.39 is 5.82 Å². The fraction of sp³-hybridized carbons (Fsp3) is 0.125. The highest BCUT2D eigenvalue weighted by Crippen LogP contribution is 2.28. The van der Waals surface area contributed by atoms with Gasteiger partial charge in [-0.15, -0.1) is 0 Å². The van der Waals surface area contributed by atoms with E-state index in [4.69, 9.17) is 0 Å². The van der Waals surface area contributed by atoms with Crippen LogP contribution in [0.3, 0.4) is 0 Å². The maximum atomic E-state index is 13.3. The van der Waals surface area contributed by atoms with Crippen LogP contribution in [0.2, 0.25) is 0 Å². The van der Waals surface area contributed by atoms with E-state index in [-0.39, 0.29) is 5.91 Å². The lowest BCUT2D eigenvalue weighted by molar-refractivity contribution is 0.102. The Hall–Kier alpha value is -2.27. The highest BCUT2D eigenvalue weighted by atomic mass is 32.1. The van der Waals surface area contributed by atoms with E-state index in [1.807, 2.05) is 25.1 Å². The lowest BCUT2D eigenvalue weighted by Crippen LogP contribution is -2.13. The molecule has 0 aliphatic heterocycles. The van der Waals surface area contributed by atoms with Gasteiger partial charge in [-0.1, -0.05) is 29.5 Å². The fourth-order valence-corrected chi connectivity index (χ4v) is 3.08. The summed E-state index contributed by atoms with van der Waals surface area (Å²) < 4.78 is 14.3. The molecule has 0 saturated carbocycles. The van der Waals surface area contributed by atoms with Crippen LogP contribution in [0.5, 0.6) is 0 Å². The Balaban J connectivity index is 1.93. The first-order chi connectivity index (χ1) is 10.0. The fourth-order valence-electron chi connectivity index (χ4n) is 2.14. The summed E-state index contributed by atoms with van der Waals surface area (Å²) in [6, 6.07) is 10.1. The molecule has 0 aliphatic carbocycles. The third-order valence-electron chi connectivity index (χ3n) is 3.29. The third-order valence-corrected chi connectivity index (χ3v) is 4.22. The summed E-state index contributed by atoms with van der Waals surface area (Å²) >= 11 is 1.41. The van der Waals surface area contributed by atoms with Gasteiger partial charge in [-0.25, -0.2) is 9.37 Å². The van der Waals surface area contributed by atoms with Crippen molar-refractivity contribution in [3.05, 3.63) is 58.9 Å².